The summed E-state index contributed by atoms with van der Waals surface area (Å²) in [6.07, 6.45) is 1.57. The number of hydrogen-bond acceptors (Lipinski definition) is 4. The van der Waals surface area contributed by atoms with Crippen LogP contribution < -0.4 is 5.73 Å². The Morgan fingerprint density at radius 1 is 1.38 bits per heavy atom. The van der Waals surface area contributed by atoms with E-state index < -0.39 is 5.79 Å². The van der Waals surface area contributed by atoms with Crippen LogP contribution in [0.2, 0.25) is 5.15 Å². The van der Waals surface area contributed by atoms with E-state index in [1.54, 1.807) is 6.07 Å². The first-order valence-corrected chi connectivity index (χ1v) is 5.57. The fraction of sp³-hybridized carbons (Fsp3) is 0.545. The molecular weight excluding hydrogens is 228 g/mol. The van der Waals surface area contributed by atoms with Gasteiger partial charge in [-0.05, 0) is 26.8 Å². The standard InChI is InChI=1S/C11H15ClN2O2/c1-6-7(2)16-11(3,15-6)8-4-10(12)14-5-9(8)13/h4-7H,13H2,1-3H3. The van der Waals surface area contributed by atoms with Crippen molar-refractivity contribution in [3.63, 3.8) is 0 Å². The second-order valence-electron chi connectivity index (χ2n) is 4.19. The van der Waals surface area contributed by atoms with Crippen LogP contribution in [0, 0.1) is 0 Å². The van der Waals surface area contributed by atoms with Crippen LogP contribution in [0.5, 0.6) is 0 Å². The van der Waals surface area contributed by atoms with Gasteiger partial charge in [0, 0.05) is 5.56 Å². The Morgan fingerprint density at radius 2 is 1.94 bits per heavy atom. The molecule has 2 N–H and O–H groups in total. The molecule has 1 fully saturated rings. The molecule has 1 aliphatic heterocycles. The number of ether oxygens (including phenoxy) is 2. The van der Waals surface area contributed by atoms with Crippen LogP contribution >= 0.6 is 11.6 Å². The van der Waals surface area contributed by atoms with Crippen LogP contribution in [0.25, 0.3) is 0 Å². The molecule has 0 aliphatic carbocycles. The van der Waals surface area contributed by atoms with E-state index in [0.29, 0.717) is 10.8 Å². The molecule has 5 heteroatoms. The summed E-state index contributed by atoms with van der Waals surface area (Å²) in [5.74, 6) is -0.838. The molecule has 0 bridgehead atoms. The molecule has 0 spiro atoms. The predicted molar refractivity (Wildman–Crippen MR) is 62.1 cm³/mol. The highest BCUT2D eigenvalue weighted by Crippen LogP contribution is 2.39. The van der Waals surface area contributed by atoms with Gasteiger partial charge in [0.15, 0.2) is 5.79 Å². The summed E-state index contributed by atoms with van der Waals surface area (Å²) < 4.78 is 11.6. The van der Waals surface area contributed by atoms with Crippen LogP contribution in [-0.4, -0.2) is 17.2 Å². The lowest BCUT2D eigenvalue weighted by molar-refractivity contribution is -0.166. The zero-order chi connectivity index (χ0) is 11.9. The van der Waals surface area contributed by atoms with Crippen molar-refractivity contribution in [3.8, 4) is 0 Å². The molecule has 1 aromatic heterocycles. The van der Waals surface area contributed by atoms with E-state index in [9.17, 15) is 0 Å². The summed E-state index contributed by atoms with van der Waals surface area (Å²) in [5, 5.41) is 0.379. The number of anilines is 1. The van der Waals surface area contributed by atoms with Crippen molar-refractivity contribution in [2.45, 2.75) is 38.8 Å². The Bertz CT molecular complexity index is 401. The highest BCUT2D eigenvalue weighted by molar-refractivity contribution is 6.29. The molecule has 0 saturated carbocycles. The molecule has 1 saturated heterocycles. The van der Waals surface area contributed by atoms with Crippen LogP contribution in [0.1, 0.15) is 26.3 Å². The normalized spacial score (nSPS) is 34.2. The molecule has 0 radical (unpaired) electrons. The predicted octanol–water partition coefficient (Wildman–Crippen LogP) is 2.31. The minimum absolute atomic E-state index is 0.0244. The molecule has 2 atom stereocenters. The number of pyridine rings is 1. The van der Waals surface area contributed by atoms with E-state index in [2.05, 4.69) is 4.98 Å². The zero-order valence-corrected chi connectivity index (χ0v) is 10.3. The lowest BCUT2D eigenvalue weighted by atomic mass is 10.1. The van der Waals surface area contributed by atoms with E-state index >= 15 is 0 Å². The van der Waals surface area contributed by atoms with Crippen molar-refractivity contribution >= 4 is 17.3 Å². The van der Waals surface area contributed by atoms with E-state index in [4.69, 9.17) is 26.8 Å². The van der Waals surface area contributed by atoms with Crippen LogP contribution in [0.3, 0.4) is 0 Å². The second kappa shape index (κ2) is 3.87. The van der Waals surface area contributed by atoms with Gasteiger partial charge in [0.05, 0.1) is 24.1 Å². The van der Waals surface area contributed by atoms with Crippen LogP contribution in [-0.2, 0) is 15.3 Å². The third-order valence-corrected chi connectivity index (χ3v) is 3.08. The molecule has 2 unspecified atom stereocenters. The zero-order valence-electron chi connectivity index (χ0n) is 9.53. The molecule has 88 valence electrons. The molecule has 0 amide bonds. The second-order valence-corrected chi connectivity index (χ2v) is 4.57. The Labute approximate surface area is 99.7 Å². The third kappa shape index (κ3) is 1.88. The smallest absolute Gasteiger partial charge is 0.194 e. The third-order valence-electron chi connectivity index (χ3n) is 2.87. The number of nitrogens with two attached hydrogens (primary N) is 1. The minimum Gasteiger partial charge on any atom is -0.397 e. The van der Waals surface area contributed by atoms with Crippen LogP contribution in [0.15, 0.2) is 12.3 Å². The van der Waals surface area contributed by atoms with Gasteiger partial charge in [-0.25, -0.2) is 4.98 Å². The first-order valence-electron chi connectivity index (χ1n) is 5.19. The monoisotopic (exact) mass is 242 g/mol. The van der Waals surface area contributed by atoms with Crippen molar-refractivity contribution in [2.75, 3.05) is 5.73 Å². The van der Waals surface area contributed by atoms with Gasteiger partial charge in [0.2, 0.25) is 0 Å². The summed E-state index contributed by atoms with van der Waals surface area (Å²) >= 11 is 5.85. The van der Waals surface area contributed by atoms with E-state index in [1.165, 1.54) is 6.20 Å². The molecule has 1 aromatic rings. The summed E-state index contributed by atoms with van der Waals surface area (Å²) in [5.41, 5.74) is 7.11. The van der Waals surface area contributed by atoms with Gasteiger partial charge in [-0.3, -0.25) is 0 Å². The van der Waals surface area contributed by atoms with E-state index in [0.717, 1.165) is 5.56 Å². The number of nitrogen functional groups attached to an aromatic ring is 1. The Morgan fingerprint density at radius 3 is 2.50 bits per heavy atom. The van der Waals surface area contributed by atoms with Gasteiger partial charge in [-0.2, -0.15) is 0 Å². The van der Waals surface area contributed by atoms with Crippen LogP contribution in [0.4, 0.5) is 5.69 Å². The van der Waals surface area contributed by atoms with E-state index in [1.807, 2.05) is 20.8 Å². The maximum atomic E-state index is 5.86. The highest BCUT2D eigenvalue weighted by Gasteiger charge is 2.42. The van der Waals surface area contributed by atoms with Gasteiger partial charge in [0.25, 0.3) is 0 Å². The summed E-state index contributed by atoms with van der Waals surface area (Å²) in [4.78, 5) is 3.91. The van der Waals surface area contributed by atoms with Crippen molar-refractivity contribution < 1.29 is 9.47 Å². The first-order chi connectivity index (χ1) is 7.42. The van der Waals surface area contributed by atoms with Crippen molar-refractivity contribution in [1.29, 1.82) is 0 Å². The number of halogens is 1. The van der Waals surface area contributed by atoms with Gasteiger partial charge in [-0.1, -0.05) is 11.6 Å². The average Bonchev–Trinajstić information content (AvgIpc) is 2.46. The lowest BCUT2D eigenvalue weighted by Gasteiger charge is -2.25. The molecule has 16 heavy (non-hydrogen) atoms. The topological polar surface area (TPSA) is 57.4 Å². The Hall–Kier alpha value is -0.840. The Kier molecular flexibility index (Phi) is 2.82. The number of aromatic nitrogens is 1. The first kappa shape index (κ1) is 11.6. The number of rotatable bonds is 1. The van der Waals surface area contributed by atoms with Gasteiger partial charge < -0.3 is 15.2 Å². The summed E-state index contributed by atoms with van der Waals surface area (Å²) in [6, 6.07) is 1.68. The maximum Gasteiger partial charge on any atom is 0.194 e. The Balaban J connectivity index is 2.40. The molecule has 2 heterocycles. The van der Waals surface area contributed by atoms with Gasteiger partial charge in [0.1, 0.15) is 5.15 Å². The van der Waals surface area contributed by atoms with Crippen molar-refractivity contribution in [1.82, 2.24) is 4.98 Å². The molecule has 0 aromatic carbocycles. The summed E-state index contributed by atoms with van der Waals surface area (Å²) in [6.45, 7) is 5.78. The fourth-order valence-corrected chi connectivity index (χ4v) is 2.05. The number of hydrogen-bond donors (Lipinski definition) is 1. The van der Waals surface area contributed by atoms with Crippen molar-refractivity contribution in [2.24, 2.45) is 0 Å². The lowest BCUT2D eigenvalue weighted by Crippen LogP contribution is -2.25. The SMILES string of the molecule is CC1OC(C)(c2cc(Cl)ncc2N)OC1C. The molecule has 4 nitrogen and oxygen atoms in total. The van der Waals surface area contributed by atoms with Gasteiger partial charge in [-0.15, -0.1) is 0 Å². The van der Waals surface area contributed by atoms with Crippen molar-refractivity contribution in [3.05, 3.63) is 23.0 Å². The average molecular weight is 243 g/mol. The number of nitrogens with zero attached hydrogens (tertiary/aromatic N) is 1. The minimum atomic E-state index is -0.838. The summed E-state index contributed by atoms with van der Waals surface area (Å²) in [7, 11) is 0. The maximum absolute atomic E-state index is 5.86. The fourth-order valence-electron chi connectivity index (χ4n) is 1.89. The van der Waals surface area contributed by atoms with E-state index in [-0.39, 0.29) is 12.2 Å². The van der Waals surface area contributed by atoms with Gasteiger partial charge >= 0.3 is 0 Å². The largest absolute Gasteiger partial charge is 0.397 e. The highest BCUT2D eigenvalue weighted by atomic mass is 35.5. The molecule has 1 aliphatic rings. The molecular formula is C11H15ClN2O2. The quantitative estimate of drug-likeness (QED) is 0.768. The molecule has 2 rings (SSSR count).